The second-order valence-electron chi connectivity index (χ2n) is 3.99. The molecule has 1 nitrogen and oxygen atoms in total. The van der Waals surface area contributed by atoms with Gasteiger partial charge in [-0.05, 0) is 25.2 Å². The van der Waals surface area contributed by atoms with Crippen molar-refractivity contribution in [3.63, 3.8) is 0 Å². The normalized spacial score (nSPS) is 42.0. The van der Waals surface area contributed by atoms with Crippen LogP contribution in [0.15, 0.2) is 0 Å². The van der Waals surface area contributed by atoms with Gasteiger partial charge in [-0.2, -0.15) is 13.2 Å². The number of hydrogen-bond donors (Lipinski definition) is 0. The second kappa shape index (κ2) is 3.48. The monoisotopic (exact) mass is 196 g/mol. The lowest BCUT2D eigenvalue weighted by Crippen LogP contribution is -2.46. The molecule has 1 aliphatic rings. The predicted molar refractivity (Wildman–Crippen MR) is 43.3 cm³/mol. The Hall–Kier alpha value is -0.250. The van der Waals surface area contributed by atoms with Gasteiger partial charge in [-0.1, -0.05) is 13.8 Å². The van der Waals surface area contributed by atoms with E-state index in [1.807, 2.05) is 6.92 Å². The van der Waals surface area contributed by atoms with Gasteiger partial charge in [0.2, 0.25) is 0 Å². The summed E-state index contributed by atoms with van der Waals surface area (Å²) in [7, 11) is 0. The summed E-state index contributed by atoms with van der Waals surface area (Å²) in [6.45, 7) is 5.23. The molecule has 0 amide bonds. The minimum absolute atomic E-state index is 0.216. The first-order valence-electron chi connectivity index (χ1n) is 4.54. The van der Waals surface area contributed by atoms with Crippen LogP contribution in [0.4, 0.5) is 13.2 Å². The third-order valence-electron chi connectivity index (χ3n) is 2.75. The highest BCUT2D eigenvalue weighted by Crippen LogP contribution is 2.37. The Bertz CT molecular complexity index is 178. The molecule has 0 spiro atoms. The van der Waals surface area contributed by atoms with Gasteiger partial charge in [-0.3, -0.25) is 0 Å². The summed E-state index contributed by atoms with van der Waals surface area (Å²) in [5.74, 6) is -0.209. The lowest BCUT2D eigenvalue weighted by atomic mass is 9.86. The molecule has 0 radical (unpaired) electrons. The van der Waals surface area contributed by atoms with Gasteiger partial charge < -0.3 is 4.74 Å². The van der Waals surface area contributed by atoms with Crippen LogP contribution in [-0.4, -0.2) is 18.4 Å². The maximum absolute atomic E-state index is 12.4. The average molecular weight is 196 g/mol. The number of ether oxygens (including phenoxy) is 1. The predicted octanol–water partition coefficient (Wildman–Crippen LogP) is 3.00. The Morgan fingerprint density at radius 3 is 2.08 bits per heavy atom. The SMILES string of the molecule is C[C@@H]1C[C@@H](C)[C@H](C(F)(F)F)O[C@H]1C. The van der Waals surface area contributed by atoms with Gasteiger partial charge in [-0.15, -0.1) is 0 Å². The highest BCUT2D eigenvalue weighted by Gasteiger charge is 2.48. The van der Waals surface area contributed by atoms with E-state index >= 15 is 0 Å². The zero-order valence-electron chi connectivity index (χ0n) is 8.06. The maximum Gasteiger partial charge on any atom is 0.414 e. The van der Waals surface area contributed by atoms with Crippen LogP contribution in [0.1, 0.15) is 27.2 Å². The molecule has 0 aromatic rings. The lowest BCUT2D eigenvalue weighted by molar-refractivity contribution is -0.265. The topological polar surface area (TPSA) is 9.23 Å². The van der Waals surface area contributed by atoms with Crippen molar-refractivity contribution in [2.24, 2.45) is 11.8 Å². The highest BCUT2D eigenvalue weighted by molar-refractivity contribution is 4.83. The van der Waals surface area contributed by atoms with Crippen LogP contribution in [0.25, 0.3) is 0 Å². The molecule has 0 N–H and O–H groups in total. The van der Waals surface area contributed by atoms with Crippen LogP contribution in [0.2, 0.25) is 0 Å². The molecule has 0 aliphatic carbocycles. The van der Waals surface area contributed by atoms with Crippen LogP contribution in [-0.2, 0) is 4.74 Å². The van der Waals surface area contributed by atoms with E-state index < -0.39 is 18.2 Å². The molecule has 0 saturated carbocycles. The summed E-state index contributed by atoms with van der Waals surface area (Å²) in [4.78, 5) is 0. The standard InChI is InChI=1S/C9H15F3O/c1-5-4-6(2)8(9(10,11)12)13-7(5)3/h5-8H,4H2,1-3H3/t5-,6-,7+,8-/m1/s1. The smallest absolute Gasteiger partial charge is 0.365 e. The first-order valence-corrected chi connectivity index (χ1v) is 4.54. The fourth-order valence-corrected chi connectivity index (χ4v) is 1.80. The molecular weight excluding hydrogens is 181 g/mol. The van der Waals surface area contributed by atoms with Crippen molar-refractivity contribution in [2.75, 3.05) is 0 Å². The molecule has 1 heterocycles. The Morgan fingerprint density at radius 2 is 1.62 bits per heavy atom. The maximum atomic E-state index is 12.4. The van der Waals surface area contributed by atoms with E-state index in [1.165, 1.54) is 0 Å². The summed E-state index contributed by atoms with van der Waals surface area (Å²) in [5.41, 5.74) is 0. The van der Waals surface area contributed by atoms with Crippen molar-refractivity contribution < 1.29 is 17.9 Å². The van der Waals surface area contributed by atoms with Gasteiger partial charge in [0.25, 0.3) is 0 Å². The quantitative estimate of drug-likeness (QED) is 0.578. The van der Waals surface area contributed by atoms with E-state index in [9.17, 15) is 13.2 Å². The summed E-state index contributed by atoms with van der Waals surface area (Å²) < 4.78 is 42.1. The molecule has 0 aromatic heterocycles. The van der Waals surface area contributed by atoms with Gasteiger partial charge in [0.05, 0.1) is 6.10 Å². The Kier molecular flexibility index (Phi) is 2.90. The molecule has 0 unspecified atom stereocenters. The molecule has 13 heavy (non-hydrogen) atoms. The fraction of sp³-hybridized carbons (Fsp3) is 1.00. The van der Waals surface area contributed by atoms with Gasteiger partial charge in [0, 0.05) is 0 Å². The molecule has 0 aromatic carbocycles. The number of rotatable bonds is 0. The first-order chi connectivity index (χ1) is 5.82. The van der Waals surface area contributed by atoms with E-state index in [4.69, 9.17) is 4.74 Å². The third kappa shape index (κ3) is 2.36. The molecule has 1 rings (SSSR count). The zero-order chi connectivity index (χ0) is 10.2. The fourth-order valence-electron chi connectivity index (χ4n) is 1.80. The number of hydrogen-bond acceptors (Lipinski definition) is 1. The van der Waals surface area contributed by atoms with E-state index in [1.54, 1.807) is 13.8 Å². The minimum atomic E-state index is -4.21. The van der Waals surface area contributed by atoms with E-state index in [-0.39, 0.29) is 12.0 Å². The second-order valence-corrected chi connectivity index (χ2v) is 3.99. The Balaban J connectivity index is 2.67. The average Bonchev–Trinajstić information content (AvgIpc) is 1.94. The summed E-state index contributed by atoms with van der Waals surface area (Å²) >= 11 is 0. The van der Waals surface area contributed by atoms with Crippen molar-refractivity contribution in [1.82, 2.24) is 0 Å². The zero-order valence-corrected chi connectivity index (χ0v) is 8.06. The Labute approximate surface area is 76.3 Å². The van der Waals surface area contributed by atoms with Crippen molar-refractivity contribution in [3.05, 3.63) is 0 Å². The van der Waals surface area contributed by atoms with Crippen molar-refractivity contribution >= 4 is 0 Å². The molecule has 1 aliphatic heterocycles. The Morgan fingerprint density at radius 1 is 1.08 bits per heavy atom. The van der Waals surface area contributed by atoms with Crippen LogP contribution in [0.3, 0.4) is 0 Å². The van der Waals surface area contributed by atoms with Gasteiger partial charge in [0.15, 0.2) is 6.10 Å². The largest absolute Gasteiger partial charge is 0.414 e. The van der Waals surface area contributed by atoms with Crippen molar-refractivity contribution in [3.8, 4) is 0 Å². The molecule has 1 saturated heterocycles. The molecule has 0 bridgehead atoms. The highest BCUT2D eigenvalue weighted by atomic mass is 19.4. The molecule has 78 valence electrons. The van der Waals surface area contributed by atoms with Gasteiger partial charge in [0.1, 0.15) is 0 Å². The van der Waals surface area contributed by atoms with Crippen LogP contribution in [0.5, 0.6) is 0 Å². The summed E-state index contributed by atoms with van der Waals surface area (Å²) in [6, 6.07) is 0. The van der Waals surface area contributed by atoms with Crippen LogP contribution >= 0.6 is 0 Å². The molecular formula is C9H15F3O. The van der Waals surface area contributed by atoms with Gasteiger partial charge >= 0.3 is 6.18 Å². The van der Waals surface area contributed by atoms with Crippen LogP contribution < -0.4 is 0 Å². The van der Waals surface area contributed by atoms with Crippen molar-refractivity contribution in [1.29, 1.82) is 0 Å². The molecule has 4 atom stereocenters. The molecule has 4 heteroatoms. The first kappa shape index (κ1) is 10.8. The van der Waals surface area contributed by atoms with Crippen molar-refractivity contribution in [2.45, 2.75) is 45.6 Å². The lowest BCUT2D eigenvalue weighted by Gasteiger charge is -2.38. The van der Waals surface area contributed by atoms with E-state index in [0.29, 0.717) is 6.42 Å². The van der Waals surface area contributed by atoms with E-state index in [0.717, 1.165) is 0 Å². The van der Waals surface area contributed by atoms with E-state index in [2.05, 4.69) is 0 Å². The summed E-state index contributed by atoms with van der Waals surface area (Å²) in [5, 5.41) is 0. The summed E-state index contributed by atoms with van der Waals surface area (Å²) in [6.07, 6.45) is -5.49. The molecule has 1 fully saturated rings. The van der Waals surface area contributed by atoms with Gasteiger partial charge in [-0.25, -0.2) is 0 Å². The number of alkyl halides is 3. The number of halogens is 3. The third-order valence-corrected chi connectivity index (χ3v) is 2.75. The minimum Gasteiger partial charge on any atom is -0.365 e. The van der Waals surface area contributed by atoms with Crippen LogP contribution in [0, 0.1) is 11.8 Å².